The van der Waals surface area contributed by atoms with Gasteiger partial charge in [0.25, 0.3) is 0 Å². The van der Waals surface area contributed by atoms with Crippen LogP contribution in [0.2, 0.25) is 0 Å². The Balaban J connectivity index is 2.81. The average Bonchev–Trinajstić information content (AvgIpc) is 2.04. The van der Waals surface area contributed by atoms with Crippen LogP contribution in [0.15, 0.2) is 30.3 Å². The van der Waals surface area contributed by atoms with Crippen LogP contribution in [0, 0.1) is 0 Å². The molecule has 0 aliphatic rings. The van der Waals surface area contributed by atoms with Gasteiger partial charge in [0.2, 0.25) is 0 Å². The first-order chi connectivity index (χ1) is 6.02. The van der Waals surface area contributed by atoms with E-state index < -0.39 is 11.7 Å². The first-order valence-corrected chi connectivity index (χ1v) is 4.48. The van der Waals surface area contributed by atoms with Crippen LogP contribution in [-0.2, 0) is 5.60 Å². The smallest absolute Gasteiger partial charge is 0.0893 e. The summed E-state index contributed by atoms with van der Waals surface area (Å²) in [4.78, 5) is 0. The average molecular weight is 180 g/mol. The highest BCUT2D eigenvalue weighted by Crippen LogP contribution is 2.25. The van der Waals surface area contributed by atoms with E-state index in [2.05, 4.69) is 0 Å². The van der Waals surface area contributed by atoms with E-state index in [0.717, 1.165) is 5.56 Å². The van der Waals surface area contributed by atoms with Crippen LogP contribution >= 0.6 is 0 Å². The Morgan fingerprint density at radius 1 is 1.31 bits per heavy atom. The fraction of sp³-hybridized carbons (Fsp3) is 0.455. The van der Waals surface area contributed by atoms with E-state index in [1.165, 1.54) is 0 Å². The number of hydrogen-bond donors (Lipinski definition) is 2. The molecule has 0 spiro atoms. The summed E-state index contributed by atoms with van der Waals surface area (Å²) in [5.74, 6) is 0. The van der Waals surface area contributed by atoms with Gasteiger partial charge < -0.3 is 10.2 Å². The Hall–Kier alpha value is -0.860. The van der Waals surface area contributed by atoms with Crippen molar-refractivity contribution in [2.24, 2.45) is 0 Å². The SMILES string of the molecule is C[C@H](O)C[C@](C)(O)c1ccccc1. The lowest BCUT2D eigenvalue weighted by molar-refractivity contribution is 0.00565. The van der Waals surface area contributed by atoms with Crippen LogP contribution in [0.5, 0.6) is 0 Å². The molecule has 0 saturated heterocycles. The third-order valence-corrected chi connectivity index (χ3v) is 2.09. The van der Waals surface area contributed by atoms with E-state index in [-0.39, 0.29) is 0 Å². The number of rotatable bonds is 3. The maximum absolute atomic E-state index is 10.00. The highest BCUT2D eigenvalue weighted by molar-refractivity contribution is 5.21. The summed E-state index contributed by atoms with van der Waals surface area (Å²) in [6, 6.07) is 9.39. The molecular weight excluding hydrogens is 164 g/mol. The highest BCUT2D eigenvalue weighted by Gasteiger charge is 2.24. The van der Waals surface area contributed by atoms with Crippen LogP contribution in [0.4, 0.5) is 0 Å². The molecule has 0 aliphatic carbocycles. The Morgan fingerprint density at radius 2 is 1.85 bits per heavy atom. The second-order valence-electron chi connectivity index (χ2n) is 3.69. The summed E-state index contributed by atoms with van der Waals surface area (Å²) >= 11 is 0. The predicted octanol–water partition coefficient (Wildman–Crippen LogP) is 1.66. The van der Waals surface area contributed by atoms with Crippen molar-refractivity contribution in [2.45, 2.75) is 32.0 Å². The van der Waals surface area contributed by atoms with Gasteiger partial charge in [0.05, 0.1) is 11.7 Å². The Labute approximate surface area is 78.8 Å². The molecule has 1 aromatic carbocycles. The topological polar surface area (TPSA) is 40.5 Å². The van der Waals surface area contributed by atoms with Gasteiger partial charge in [0.1, 0.15) is 0 Å². The molecule has 0 fully saturated rings. The van der Waals surface area contributed by atoms with E-state index in [9.17, 15) is 10.2 Å². The lowest BCUT2D eigenvalue weighted by atomic mass is 9.90. The fourth-order valence-corrected chi connectivity index (χ4v) is 1.49. The lowest BCUT2D eigenvalue weighted by Crippen LogP contribution is -2.25. The van der Waals surface area contributed by atoms with Crippen LogP contribution in [0.1, 0.15) is 25.8 Å². The minimum Gasteiger partial charge on any atom is -0.393 e. The van der Waals surface area contributed by atoms with Crippen LogP contribution < -0.4 is 0 Å². The maximum Gasteiger partial charge on any atom is 0.0893 e. The summed E-state index contributed by atoms with van der Waals surface area (Å²) < 4.78 is 0. The minimum atomic E-state index is -0.935. The van der Waals surface area contributed by atoms with Gasteiger partial charge in [-0.25, -0.2) is 0 Å². The van der Waals surface area contributed by atoms with Gasteiger partial charge in [-0.2, -0.15) is 0 Å². The van der Waals surface area contributed by atoms with E-state index in [1.807, 2.05) is 30.3 Å². The first-order valence-electron chi connectivity index (χ1n) is 4.48. The number of benzene rings is 1. The molecule has 0 heterocycles. The quantitative estimate of drug-likeness (QED) is 0.742. The summed E-state index contributed by atoms with van der Waals surface area (Å²) in [6.45, 7) is 3.40. The van der Waals surface area contributed by atoms with Crippen molar-refractivity contribution >= 4 is 0 Å². The van der Waals surface area contributed by atoms with Gasteiger partial charge in [-0.05, 0) is 19.4 Å². The van der Waals surface area contributed by atoms with Crippen molar-refractivity contribution in [3.63, 3.8) is 0 Å². The standard InChI is InChI=1S/C11H16O2/c1-9(12)8-11(2,13)10-6-4-3-5-7-10/h3-7,9,12-13H,8H2,1-2H3/t9-,11-/m0/s1. The molecule has 1 rings (SSSR count). The monoisotopic (exact) mass is 180 g/mol. The van der Waals surface area contributed by atoms with E-state index in [4.69, 9.17) is 0 Å². The van der Waals surface area contributed by atoms with Gasteiger partial charge in [-0.3, -0.25) is 0 Å². The summed E-state index contributed by atoms with van der Waals surface area (Å²) in [5.41, 5.74) is -0.0917. The van der Waals surface area contributed by atoms with Crippen molar-refractivity contribution in [3.05, 3.63) is 35.9 Å². The molecule has 2 nitrogen and oxygen atoms in total. The molecule has 0 aliphatic heterocycles. The molecular formula is C11H16O2. The molecule has 0 bridgehead atoms. The van der Waals surface area contributed by atoms with Crippen LogP contribution in [0.25, 0.3) is 0 Å². The zero-order valence-corrected chi connectivity index (χ0v) is 8.07. The largest absolute Gasteiger partial charge is 0.393 e. The normalized spacial score (nSPS) is 17.8. The molecule has 0 saturated carbocycles. The van der Waals surface area contributed by atoms with Gasteiger partial charge >= 0.3 is 0 Å². The van der Waals surface area contributed by atoms with Crippen LogP contribution in [-0.4, -0.2) is 16.3 Å². The van der Waals surface area contributed by atoms with Gasteiger partial charge in [-0.15, -0.1) is 0 Å². The minimum absolute atomic E-state index is 0.358. The van der Waals surface area contributed by atoms with Crippen molar-refractivity contribution in [3.8, 4) is 0 Å². The molecule has 13 heavy (non-hydrogen) atoms. The second kappa shape index (κ2) is 3.90. The highest BCUT2D eigenvalue weighted by atomic mass is 16.3. The van der Waals surface area contributed by atoms with Crippen molar-refractivity contribution in [1.82, 2.24) is 0 Å². The van der Waals surface area contributed by atoms with E-state index in [1.54, 1.807) is 13.8 Å². The molecule has 0 radical (unpaired) electrons. The Morgan fingerprint density at radius 3 is 2.31 bits per heavy atom. The molecule has 72 valence electrons. The molecule has 0 aromatic heterocycles. The maximum atomic E-state index is 10.00. The Bertz CT molecular complexity index is 252. The van der Waals surface area contributed by atoms with Crippen LogP contribution in [0.3, 0.4) is 0 Å². The summed E-state index contributed by atoms with van der Waals surface area (Å²) in [6.07, 6.45) is -0.132. The molecule has 1 aromatic rings. The zero-order chi connectivity index (χ0) is 9.90. The number of aliphatic hydroxyl groups is 2. The van der Waals surface area contributed by atoms with Crippen molar-refractivity contribution < 1.29 is 10.2 Å². The Kier molecular flexibility index (Phi) is 3.07. The third kappa shape index (κ3) is 2.83. The lowest BCUT2D eigenvalue weighted by Gasteiger charge is -2.25. The molecule has 2 heteroatoms. The van der Waals surface area contributed by atoms with E-state index >= 15 is 0 Å². The molecule has 0 unspecified atom stereocenters. The summed E-state index contributed by atoms with van der Waals surface area (Å²) in [5, 5.41) is 19.2. The zero-order valence-electron chi connectivity index (χ0n) is 8.07. The van der Waals surface area contributed by atoms with Crippen molar-refractivity contribution in [2.75, 3.05) is 0 Å². The number of aliphatic hydroxyl groups excluding tert-OH is 1. The molecule has 2 N–H and O–H groups in total. The third-order valence-electron chi connectivity index (χ3n) is 2.09. The molecule has 2 atom stereocenters. The molecule has 0 amide bonds. The van der Waals surface area contributed by atoms with Crippen molar-refractivity contribution in [1.29, 1.82) is 0 Å². The van der Waals surface area contributed by atoms with Gasteiger partial charge in [0, 0.05) is 6.42 Å². The van der Waals surface area contributed by atoms with Gasteiger partial charge in [0.15, 0.2) is 0 Å². The predicted molar refractivity (Wildman–Crippen MR) is 52.3 cm³/mol. The number of hydrogen-bond acceptors (Lipinski definition) is 2. The van der Waals surface area contributed by atoms with E-state index in [0.29, 0.717) is 6.42 Å². The fourth-order valence-electron chi connectivity index (χ4n) is 1.49. The second-order valence-corrected chi connectivity index (χ2v) is 3.69. The summed E-state index contributed by atoms with van der Waals surface area (Å²) in [7, 11) is 0. The van der Waals surface area contributed by atoms with Gasteiger partial charge in [-0.1, -0.05) is 30.3 Å². The first kappa shape index (κ1) is 10.2.